The number of amides is 2. The number of hydrogen-bond acceptors (Lipinski definition) is 7. The molecule has 1 spiro atoms. The van der Waals surface area contributed by atoms with E-state index in [-0.39, 0.29) is 36.4 Å². The van der Waals surface area contributed by atoms with Crippen molar-refractivity contribution in [3.8, 4) is 0 Å². The molecule has 1 saturated heterocycles. The number of nitrogens with zero attached hydrogens (tertiary/aromatic N) is 1. The van der Waals surface area contributed by atoms with E-state index < -0.39 is 17.8 Å². The van der Waals surface area contributed by atoms with Crippen LogP contribution in [0.2, 0.25) is 0 Å². The van der Waals surface area contributed by atoms with E-state index in [1.165, 1.54) is 5.57 Å². The molecule has 2 fully saturated rings. The monoisotopic (exact) mass is 459 g/mol. The van der Waals surface area contributed by atoms with Gasteiger partial charge in [-0.1, -0.05) is 12.5 Å². The first kappa shape index (κ1) is 23.0. The predicted octanol–water partition coefficient (Wildman–Crippen LogP) is 3.31. The molecule has 2 amide bonds. The first-order valence-electron chi connectivity index (χ1n) is 11.2. The number of ketones is 1. The van der Waals surface area contributed by atoms with Crippen molar-refractivity contribution in [2.45, 2.75) is 52.9 Å². The van der Waals surface area contributed by atoms with Crippen molar-refractivity contribution in [1.29, 1.82) is 0 Å². The fourth-order valence-corrected chi connectivity index (χ4v) is 5.65. The molecule has 0 unspecified atom stereocenters. The summed E-state index contributed by atoms with van der Waals surface area (Å²) in [7, 11) is 0. The molecule has 1 heterocycles. The van der Waals surface area contributed by atoms with Crippen molar-refractivity contribution < 1.29 is 28.8 Å². The number of hydroxylamine groups is 2. The molecule has 4 rings (SSSR count). The number of fused-ring (bicyclic) bond motifs is 1. The Labute approximate surface area is 192 Å². The van der Waals surface area contributed by atoms with Crippen LogP contribution in [0.4, 0.5) is 0 Å². The van der Waals surface area contributed by atoms with E-state index in [0.29, 0.717) is 29.8 Å². The Morgan fingerprint density at radius 2 is 1.84 bits per heavy atom. The van der Waals surface area contributed by atoms with Crippen LogP contribution in [0, 0.1) is 11.3 Å². The number of carbonyl (C=O) groups is 4. The van der Waals surface area contributed by atoms with Crippen LogP contribution in [0.15, 0.2) is 33.9 Å². The van der Waals surface area contributed by atoms with Crippen molar-refractivity contribution in [1.82, 2.24) is 5.06 Å². The highest BCUT2D eigenvalue weighted by atomic mass is 32.2. The molecule has 0 bridgehead atoms. The summed E-state index contributed by atoms with van der Waals surface area (Å²) >= 11 is 1.55. The summed E-state index contributed by atoms with van der Waals surface area (Å²) in [5, 5.41) is 0.579. The Morgan fingerprint density at radius 3 is 2.50 bits per heavy atom. The molecule has 0 aromatic carbocycles. The number of ether oxygens (including phenoxy) is 1. The van der Waals surface area contributed by atoms with Crippen LogP contribution in [0.25, 0.3) is 0 Å². The van der Waals surface area contributed by atoms with Crippen LogP contribution in [-0.2, 0) is 28.8 Å². The van der Waals surface area contributed by atoms with Crippen LogP contribution in [0.3, 0.4) is 0 Å². The summed E-state index contributed by atoms with van der Waals surface area (Å²) in [4.78, 5) is 52.5. The van der Waals surface area contributed by atoms with Gasteiger partial charge in [0.2, 0.25) is 0 Å². The molecule has 8 heteroatoms. The maximum Gasteiger partial charge on any atom is 0.334 e. The lowest BCUT2D eigenvalue weighted by atomic mass is 9.70. The zero-order chi connectivity index (χ0) is 23.0. The fourth-order valence-electron chi connectivity index (χ4n) is 4.90. The number of allylic oxidation sites excluding steroid dienone is 4. The first-order valence-corrected chi connectivity index (χ1v) is 12.3. The average Bonchev–Trinajstić information content (AvgIpc) is 3.43. The number of carbonyl (C=O) groups excluding carboxylic acids is 4. The number of hydrogen-bond donors (Lipinski definition) is 0. The van der Waals surface area contributed by atoms with Crippen molar-refractivity contribution in [3.05, 3.63) is 33.9 Å². The van der Waals surface area contributed by atoms with Crippen molar-refractivity contribution in [2.24, 2.45) is 11.3 Å². The smallest absolute Gasteiger partial charge is 0.334 e. The van der Waals surface area contributed by atoms with E-state index in [2.05, 4.69) is 13.8 Å². The van der Waals surface area contributed by atoms with Crippen LogP contribution in [-0.4, -0.2) is 53.3 Å². The molecule has 0 radical (unpaired) electrons. The van der Waals surface area contributed by atoms with Crippen molar-refractivity contribution >= 4 is 35.3 Å². The maximum absolute atomic E-state index is 12.9. The third-order valence-corrected chi connectivity index (χ3v) is 8.02. The van der Waals surface area contributed by atoms with E-state index in [1.54, 1.807) is 11.8 Å². The maximum atomic E-state index is 12.9. The van der Waals surface area contributed by atoms with Gasteiger partial charge in [-0.2, -0.15) is 11.8 Å². The van der Waals surface area contributed by atoms with Crippen LogP contribution >= 0.6 is 11.8 Å². The highest BCUT2D eigenvalue weighted by molar-refractivity contribution is 7.99. The second-order valence-electron chi connectivity index (χ2n) is 8.92. The summed E-state index contributed by atoms with van der Waals surface area (Å²) in [5.41, 5.74) is 5.60. The van der Waals surface area contributed by atoms with E-state index in [0.717, 1.165) is 35.1 Å². The summed E-state index contributed by atoms with van der Waals surface area (Å²) in [6.07, 6.45) is 4.50. The van der Waals surface area contributed by atoms with Gasteiger partial charge in [-0.15, -0.1) is 5.06 Å². The third-order valence-electron chi connectivity index (χ3n) is 7.07. The Balaban J connectivity index is 1.19. The zero-order valence-corrected chi connectivity index (χ0v) is 19.6. The molecular weight excluding hydrogens is 430 g/mol. The average molecular weight is 460 g/mol. The largest absolute Gasteiger partial charge is 0.376 e. The fraction of sp³-hybridized carbons (Fsp3) is 0.583. The second kappa shape index (κ2) is 8.98. The molecule has 1 aliphatic heterocycles. The molecule has 0 aromatic heterocycles. The number of thioether (sulfide) groups is 1. The Kier molecular flexibility index (Phi) is 6.45. The summed E-state index contributed by atoms with van der Waals surface area (Å²) in [6, 6.07) is 0. The predicted molar refractivity (Wildman–Crippen MR) is 119 cm³/mol. The summed E-state index contributed by atoms with van der Waals surface area (Å²) in [6.45, 7) is 7.27. The molecule has 32 heavy (non-hydrogen) atoms. The molecule has 172 valence electrons. The van der Waals surface area contributed by atoms with Crippen LogP contribution in [0.5, 0.6) is 0 Å². The molecule has 0 aromatic rings. The van der Waals surface area contributed by atoms with Gasteiger partial charge in [0.15, 0.2) is 5.78 Å². The van der Waals surface area contributed by atoms with Gasteiger partial charge in [0.1, 0.15) is 0 Å². The van der Waals surface area contributed by atoms with Gasteiger partial charge in [0.25, 0.3) is 11.8 Å². The Hall–Kier alpha value is -2.19. The van der Waals surface area contributed by atoms with Gasteiger partial charge < -0.3 is 9.57 Å². The molecule has 1 saturated carbocycles. The standard InChI is InChI=1S/C24H29NO6S/c1-14-12-17-22(15(2)24(7-8-24)16(3)23(17)29)18(14)13-30-9-11-32-10-6-21(28)31-25-19(26)4-5-20(25)27/h12,16H,4-11,13H2,1-3H3/t16-/m1/s1. The molecule has 0 N–H and O–H groups in total. The summed E-state index contributed by atoms with van der Waals surface area (Å²) < 4.78 is 5.91. The van der Waals surface area contributed by atoms with Gasteiger partial charge in [-0.05, 0) is 49.5 Å². The molecule has 7 nitrogen and oxygen atoms in total. The SMILES string of the molecule is CC1=C(COCCSCCC(=O)ON2C(=O)CCC2=O)C2=C(C)C3(CC3)[C@H](C)C(=O)C2=C1. The van der Waals surface area contributed by atoms with Crippen molar-refractivity contribution in [2.75, 3.05) is 24.7 Å². The van der Waals surface area contributed by atoms with E-state index >= 15 is 0 Å². The minimum atomic E-state index is -0.583. The first-order chi connectivity index (χ1) is 15.3. The minimum Gasteiger partial charge on any atom is -0.376 e. The zero-order valence-electron chi connectivity index (χ0n) is 18.8. The lowest BCUT2D eigenvalue weighted by molar-refractivity contribution is -0.197. The topological polar surface area (TPSA) is 90.0 Å². The number of Topliss-reactive ketones (excluding diaryl/α,β-unsaturated/α-hetero) is 1. The van der Waals surface area contributed by atoms with E-state index in [1.807, 2.05) is 13.0 Å². The van der Waals surface area contributed by atoms with Crippen molar-refractivity contribution in [3.63, 3.8) is 0 Å². The second-order valence-corrected chi connectivity index (χ2v) is 10.1. The third kappa shape index (κ3) is 4.10. The number of imide groups is 1. The van der Waals surface area contributed by atoms with E-state index in [4.69, 9.17) is 9.57 Å². The highest BCUT2D eigenvalue weighted by Crippen LogP contribution is 2.63. The normalized spacial score (nSPS) is 24.0. The van der Waals surface area contributed by atoms with Crippen LogP contribution in [0.1, 0.15) is 52.9 Å². The quantitative estimate of drug-likeness (QED) is 0.386. The summed E-state index contributed by atoms with van der Waals surface area (Å²) in [5.74, 6) is 0.0357. The number of rotatable bonds is 9. The highest BCUT2D eigenvalue weighted by Gasteiger charge is 2.56. The molecule has 3 aliphatic carbocycles. The van der Waals surface area contributed by atoms with Gasteiger partial charge in [0.05, 0.1) is 19.6 Å². The Bertz CT molecular complexity index is 955. The van der Waals surface area contributed by atoms with Gasteiger partial charge in [0, 0.05) is 41.3 Å². The Morgan fingerprint density at radius 1 is 1.16 bits per heavy atom. The lowest BCUT2D eigenvalue weighted by Gasteiger charge is -2.32. The molecule has 4 aliphatic rings. The minimum absolute atomic E-state index is 0.0639. The van der Waals surface area contributed by atoms with Gasteiger partial charge in [-0.3, -0.25) is 14.4 Å². The van der Waals surface area contributed by atoms with Gasteiger partial charge in [-0.25, -0.2) is 4.79 Å². The van der Waals surface area contributed by atoms with E-state index in [9.17, 15) is 19.2 Å². The van der Waals surface area contributed by atoms with Gasteiger partial charge >= 0.3 is 5.97 Å². The molecular formula is C24H29NO6S. The molecule has 1 atom stereocenters. The lowest BCUT2D eigenvalue weighted by Crippen LogP contribution is -2.32. The van der Waals surface area contributed by atoms with Crippen LogP contribution < -0.4 is 0 Å².